The summed E-state index contributed by atoms with van der Waals surface area (Å²) in [5, 5.41) is 18.3. The van der Waals surface area contributed by atoms with Crippen LogP contribution >= 0.6 is 0 Å². The number of rotatable bonds is 1. The fraction of sp³-hybridized carbons (Fsp3) is 0. The number of carbonyl (C=O) groups is 1. The van der Waals surface area contributed by atoms with Crippen LogP contribution in [0.5, 0.6) is 5.75 Å². The molecule has 0 saturated heterocycles. The highest BCUT2D eigenvalue weighted by Gasteiger charge is 2.16. The van der Waals surface area contributed by atoms with Crippen molar-refractivity contribution in [3.05, 3.63) is 47.5 Å². The van der Waals surface area contributed by atoms with Crippen LogP contribution in [0.3, 0.4) is 0 Å². The van der Waals surface area contributed by atoms with Crippen molar-refractivity contribution in [2.45, 2.75) is 0 Å². The van der Waals surface area contributed by atoms with Gasteiger partial charge in [-0.3, -0.25) is 0 Å². The lowest BCUT2D eigenvalue weighted by Gasteiger charge is -2.04. The van der Waals surface area contributed by atoms with Crippen LogP contribution in [0, 0.1) is 5.82 Å². The Kier molecular flexibility index (Phi) is 2.36. The molecule has 2 N–H and O–H groups in total. The van der Waals surface area contributed by atoms with Gasteiger partial charge in [0.05, 0.1) is 11.1 Å². The summed E-state index contributed by atoms with van der Waals surface area (Å²) in [6.45, 7) is 0. The Balaban J connectivity index is 2.54. The summed E-state index contributed by atoms with van der Waals surface area (Å²) in [4.78, 5) is 10.7. The minimum atomic E-state index is -1.24. The van der Waals surface area contributed by atoms with Crippen LogP contribution < -0.4 is 4.74 Å². The van der Waals surface area contributed by atoms with E-state index < -0.39 is 11.8 Å². The molecule has 0 atom stereocenters. The number of hydrogen-bond acceptors (Lipinski definition) is 3. The standard InChI is InChI=1S/C11H7FO4/c12-7-1-2-10-8(4-7)9(13)3-6(5-16-10)11(14)15/h1-5,13H,(H,14,15). The fourth-order valence-corrected chi connectivity index (χ4v) is 1.30. The SMILES string of the molecule is O=C(O)C1=COc2ccc(F)cc2C(O)=C1. The van der Waals surface area contributed by atoms with Gasteiger partial charge in [-0.15, -0.1) is 0 Å². The number of benzene rings is 1. The third kappa shape index (κ3) is 1.75. The highest BCUT2D eigenvalue weighted by Crippen LogP contribution is 2.29. The maximum atomic E-state index is 12.9. The molecule has 0 bridgehead atoms. The number of carboxylic acids is 1. The molecule has 5 heteroatoms. The van der Waals surface area contributed by atoms with E-state index in [1.165, 1.54) is 6.07 Å². The van der Waals surface area contributed by atoms with Crippen molar-refractivity contribution < 1.29 is 24.1 Å². The van der Waals surface area contributed by atoms with Crippen molar-refractivity contribution in [3.8, 4) is 5.75 Å². The molecule has 82 valence electrons. The molecule has 0 radical (unpaired) electrons. The van der Waals surface area contributed by atoms with Gasteiger partial charge in [0.25, 0.3) is 0 Å². The van der Waals surface area contributed by atoms with Gasteiger partial charge >= 0.3 is 5.97 Å². The molecule has 1 aromatic rings. The van der Waals surface area contributed by atoms with Crippen molar-refractivity contribution in [1.82, 2.24) is 0 Å². The van der Waals surface area contributed by atoms with E-state index in [1.54, 1.807) is 0 Å². The smallest absolute Gasteiger partial charge is 0.338 e. The molecule has 0 aliphatic carbocycles. The van der Waals surface area contributed by atoms with E-state index in [0.29, 0.717) is 0 Å². The first kappa shape index (κ1) is 10.2. The summed E-state index contributed by atoms with van der Waals surface area (Å²) in [7, 11) is 0. The maximum absolute atomic E-state index is 12.9. The van der Waals surface area contributed by atoms with E-state index in [1.807, 2.05) is 0 Å². The van der Waals surface area contributed by atoms with Gasteiger partial charge in [0.15, 0.2) is 0 Å². The molecular formula is C11H7FO4. The average Bonchev–Trinajstić information content (AvgIpc) is 2.39. The predicted molar refractivity (Wildman–Crippen MR) is 53.4 cm³/mol. The third-order valence-corrected chi connectivity index (χ3v) is 2.07. The fourth-order valence-electron chi connectivity index (χ4n) is 1.30. The van der Waals surface area contributed by atoms with Gasteiger partial charge in [-0.1, -0.05) is 0 Å². The molecule has 2 rings (SSSR count). The quantitative estimate of drug-likeness (QED) is 0.763. The van der Waals surface area contributed by atoms with Gasteiger partial charge in [-0.25, -0.2) is 9.18 Å². The van der Waals surface area contributed by atoms with E-state index in [-0.39, 0.29) is 22.6 Å². The third-order valence-electron chi connectivity index (χ3n) is 2.07. The van der Waals surface area contributed by atoms with Crippen LogP contribution in [0.25, 0.3) is 5.76 Å². The van der Waals surface area contributed by atoms with Crippen LogP contribution in [0.15, 0.2) is 36.1 Å². The second-order valence-electron chi connectivity index (χ2n) is 3.17. The Bertz CT molecular complexity index is 517. The zero-order valence-electron chi connectivity index (χ0n) is 7.98. The lowest BCUT2D eigenvalue weighted by molar-refractivity contribution is -0.132. The second-order valence-corrected chi connectivity index (χ2v) is 3.17. The lowest BCUT2D eigenvalue weighted by Crippen LogP contribution is -1.98. The summed E-state index contributed by atoms with van der Waals surface area (Å²) >= 11 is 0. The number of carboxylic acid groups (broad SMARTS) is 1. The van der Waals surface area contributed by atoms with Crippen molar-refractivity contribution in [2.24, 2.45) is 0 Å². The zero-order chi connectivity index (χ0) is 11.7. The number of aliphatic hydroxyl groups is 1. The highest BCUT2D eigenvalue weighted by molar-refractivity contribution is 5.92. The molecule has 1 aliphatic rings. The van der Waals surface area contributed by atoms with Crippen molar-refractivity contribution in [3.63, 3.8) is 0 Å². The minimum Gasteiger partial charge on any atom is -0.507 e. The van der Waals surface area contributed by atoms with E-state index in [0.717, 1.165) is 24.5 Å². The first-order valence-corrected chi connectivity index (χ1v) is 4.38. The molecule has 0 saturated carbocycles. The number of hydrogen-bond donors (Lipinski definition) is 2. The monoisotopic (exact) mass is 222 g/mol. The number of ether oxygens (including phenoxy) is 1. The van der Waals surface area contributed by atoms with E-state index in [2.05, 4.69) is 0 Å². The largest absolute Gasteiger partial charge is 0.507 e. The minimum absolute atomic E-state index is 0.118. The Morgan fingerprint density at radius 3 is 2.81 bits per heavy atom. The molecule has 4 nitrogen and oxygen atoms in total. The summed E-state index contributed by atoms with van der Waals surface area (Å²) in [5.74, 6) is -1.92. The van der Waals surface area contributed by atoms with Gasteiger partial charge < -0.3 is 14.9 Å². The van der Waals surface area contributed by atoms with Crippen LogP contribution in [0.1, 0.15) is 5.56 Å². The molecule has 1 heterocycles. The molecule has 0 unspecified atom stereocenters. The number of aliphatic carboxylic acids is 1. The van der Waals surface area contributed by atoms with Crippen molar-refractivity contribution in [2.75, 3.05) is 0 Å². The predicted octanol–water partition coefficient (Wildman–Crippen LogP) is 2.09. The van der Waals surface area contributed by atoms with Crippen LogP contribution in [0.4, 0.5) is 4.39 Å². The maximum Gasteiger partial charge on any atom is 0.338 e. The van der Waals surface area contributed by atoms with Gasteiger partial charge in [-0.2, -0.15) is 0 Å². The number of halogens is 1. The molecule has 0 amide bonds. The van der Waals surface area contributed by atoms with E-state index in [4.69, 9.17) is 9.84 Å². The van der Waals surface area contributed by atoms with Gasteiger partial charge in [-0.05, 0) is 24.3 Å². The highest BCUT2D eigenvalue weighted by atomic mass is 19.1. The second kappa shape index (κ2) is 3.69. The van der Waals surface area contributed by atoms with Crippen molar-refractivity contribution >= 4 is 11.7 Å². The van der Waals surface area contributed by atoms with E-state index in [9.17, 15) is 14.3 Å². The molecular weight excluding hydrogens is 215 g/mol. The number of fused-ring (bicyclic) bond motifs is 1. The molecule has 0 spiro atoms. The zero-order valence-corrected chi connectivity index (χ0v) is 7.98. The topological polar surface area (TPSA) is 66.8 Å². The van der Waals surface area contributed by atoms with Crippen LogP contribution in [0.2, 0.25) is 0 Å². The summed E-state index contributed by atoms with van der Waals surface area (Å²) in [6.07, 6.45) is 2.00. The Labute approximate surface area is 89.9 Å². The molecule has 1 aromatic carbocycles. The summed E-state index contributed by atoms with van der Waals surface area (Å²) in [5.41, 5.74) is -0.0957. The Morgan fingerprint density at radius 1 is 1.38 bits per heavy atom. The van der Waals surface area contributed by atoms with Gasteiger partial charge in [0, 0.05) is 0 Å². The number of aliphatic hydroxyl groups excluding tert-OH is 1. The molecule has 0 fully saturated rings. The molecule has 0 aromatic heterocycles. The molecule has 1 aliphatic heterocycles. The Hall–Kier alpha value is -2.30. The van der Waals surface area contributed by atoms with Gasteiger partial charge in [0.1, 0.15) is 23.6 Å². The normalized spacial score (nSPS) is 14.1. The lowest BCUT2D eigenvalue weighted by atomic mass is 10.1. The summed E-state index contributed by atoms with van der Waals surface area (Å²) < 4.78 is 18.0. The van der Waals surface area contributed by atoms with Gasteiger partial charge in [0.2, 0.25) is 0 Å². The average molecular weight is 222 g/mol. The van der Waals surface area contributed by atoms with Crippen molar-refractivity contribution in [1.29, 1.82) is 0 Å². The summed E-state index contributed by atoms with van der Waals surface area (Å²) in [6, 6.07) is 3.54. The molecule has 16 heavy (non-hydrogen) atoms. The van der Waals surface area contributed by atoms with Crippen LogP contribution in [-0.4, -0.2) is 16.2 Å². The first-order valence-electron chi connectivity index (χ1n) is 4.38. The first-order chi connectivity index (χ1) is 7.58. The Morgan fingerprint density at radius 2 is 2.12 bits per heavy atom. The van der Waals surface area contributed by atoms with Crippen LogP contribution in [-0.2, 0) is 4.79 Å². The van der Waals surface area contributed by atoms with E-state index >= 15 is 0 Å².